The zero-order valence-corrected chi connectivity index (χ0v) is 5.14. The van der Waals surface area contributed by atoms with E-state index in [2.05, 4.69) is 6.92 Å². The molecular weight excluding hydrogens is 100 g/mol. The van der Waals surface area contributed by atoms with Gasteiger partial charge in [-0.05, 0) is 31.6 Å². The first-order valence-corrected chi connectivity index (χ1v) is 3.30. The Kier molecular flexibility index (Phi) is 1.90. The molecule has 0 aromatic carbocycles. The number of aliphatic hydroxyl groups excluding tert-OH is 1. The van der Waals surface area contributed by atoms with E-state index < -0.39 is 0 Å². The van der Waals surface area contributed by atoms with Gasteiger partial charge in [-0.15, -0.1) is 0 Å². The molecule has 1 aliphatic carbocycles. The van der Waals surface area contributed by atoms with Crippen molar-refractivity contribution in [2.45, 2.75) is 31.8 Å². The van der Waals surface area contributed by atoms with Crippen LogP contribution in [0.2, 0.25) is 0 Å². The van der Waals surface area contributed by atoms with Crippen LogP contribution in [0.5, 0.6) is 0 Å². The molecule has 1 heteroatoms. The van der Waals surface area contributed by atoms with Crippen molar-refractivity contribution in [1.29, 1.82) is 0 Å². The highest BCUT2D eigenvalue weighted by molar-refractivity contribution is 4.72. The van der Waals surface area contributed by atoms with Gasteiger partial charge in [0.2, 0.25) is 0 Å². The molecule has 47 valence electrons. The third-order valence-corrected chi connectivity index (χ3v) is 1.82. The van der Waals surface area contributed by atoms with Crippen molar-refractivity contribution in [2.24, 2.45) is 5.92 Å². The van der Waals surface area contributed by atoms with E-state index in [4.69, 9.17) is 5.11 Å². The molecular formula is C7H13O. The summed E-state index contributed by atoms with van der Waals surface area (Å²) >= 11 is 0. The minimum atomic E-state index is -0.0204. The molecule has 1 nitrogen and oxygen atoms in total. The number of rotatable bonds is 0. The summed E-state index contributed by atoms with van der Waals surface area (Å²) in [7, 11) is 0. The second kappa shape index (κ2) is 2.49. The van der Waals surface area contributed by atoms with Gasteiger partial charge in [0.1, 0.15) is 0 Å². The average Bonchev–Trinajstić information content (AvgIpc) is 1.77. The van der Waals surface area contributed by atoms with Crippen LogP contribution in [0, 0.1) is 12.8 Å². The first kappa shape index (κ1) is 6.09. The fourth-order valence-electron chi connectivity index (χ4n) is 1.14. The van der Waals surface area contributed by atoms with Gasteiger partial charge >= 0.3 is 0 Å². The predicted molar refractivity (Wildman–Crippen MR) is 33.3 cm³/mol. The number of hydrogen-bond donors (Lipinski definition) is 1. The van der Waals surface area contributed by atoms with Gasteiger partial charge in [0.25, 0.3) is 0 Å². The summed E-state index contributed by atoms with van der Waals surface area (Å²) in [5.41, 5.74) is 0. The number of hydrogen-bond acceptors (Lipinski definition) is 1. The first-order valence-electron chi connectivity index (χ1n) is 3.30. The normalized spacial score (nSPS) is 39.8. The standard InChI is InChI=1S/C7H13O/c1-6-2-4-7(8)5-3-6/h6-8H,1-5H2. The highest BCUT2D eigenvalue weighted by atomic mass is 16.3. The lowest BCUT2D eigenvalue weighted by Crippen LogP contribution is -2.15. The maximum atomic E-state index is 9.00. The fourth-order valence-corrected chi connectivity index (χ4v) is 1.14. The van der Waals surface area contributed by atoms with E-state index in [9.17, 15) is 0 Å². The van der Waals surface area contributed by atoms with Crippen LogP contribution in [0.1, 0.15) is 25.7 Å². The Bertz CT molecular complexity index is 52.8. The molecule has 0 aromatic rings. The molecule has 1 fully saturated rings. The Morgan fingerprint density at radius 1 is 1.12 bits per heavy atom. The second-order valence-electron chi connectivity index (χ2n) is 2.67. The molecule has 0 spiro atoms. The first-order chi connectivity index (χ1) is 3.79. The molecule has 8 heavy (non-hydrogen) atoms. The lowest BCUT2D eigenvalue weighted by Gasteiger charge is -2.21. The summed E-state index contributed by atoms with van der Waals surface area (Å²) in [5, 5.41) is 9.00. The molecule has 0 heterocycles. The minimum Gasteiger partial charge on any atom is -0.393 e. The van der Waals surface area contributed by atoms with Gasteiger partial charge in [-0.3, -0.25) is 0 Å². The van der Waals surface area contributed by atoms with E-state index in [0.717, 1.165) is 25.7 Å². The van der Waals surface area contributed by atoms with Gasteiger partial charge in [0, 0.05) is 0 Å². The van der Waals surface area contributed by atoms with Crippen molar-refractivity contribution in [3.05, 3.63) is 6.92 Å². The Morgan fingerprint density at radius 3 is 2.00 bits per heavy atom. The molecule has 0 aromatic heterocycles. The molecule has 1 radical (unpaired) electrons. The third kappa shape index (κ3) is 1.48. The molecule has 0 aliphatic heterocycles. The Labute approximate surface area is 50.7 Å². The van der Waals surface area contributed by atoms with Gasteiger partial charge in [0.05, 0.1) is 6.10 Å². The molecule has 0 atom stereocenters. The van der Waals surface area contributed by atoms with Crippen LogP contribution in [-0.2, 0) is 0 Å². The van der Waals surface area contributed by atoms with E-state index in [1.54, 1.807) is 0 Å². The van der Waals surface area contributed by atoms with Gasteiger partial charge < -0.3 is 5.11 Å². The topological polar surface area (TPSA) is 20.2 Å². The smallest absolute Gasteiger partial charge is 0.0540 e. The van der Waals surface area contributed by atoms with Crippen molar-refractivity contribution in [3.8, 4) is 0 Å². The van der Waals surface area contributed by atoms with Crippen molar-refractivity contribution in [3.63, 3.8) is 0 Å². The van der Waals surface area contributed by atoms with Crippen molar-refractivity contribution < 1.29 is 5.11 Å². The summed E-state index contributed by atoms with van der Waals surface area (Å²) in [6.45, 7) is 3.92. The van der Waals surface area contributed by atoms with Gasteiger partial charge in [-0.25, -0.2) is 0 Å². The summed E-state index contributed by atoms with van der Waals surface area (Å²) in [4.78, 5) is 0. The highest BCUT2D eigenvalue weighted by Gasteiger charge is 2.14. The maximum absolute atomic E-state index is 9.00. The van der Waals surface area contributed by atoms with E-state index in [1.165, 1.54) is 0 Å². The minimum absolute atomic E-state index is 0.0204. The van der Waals surface area contributed by atoms with E-state index >= 15 is 0 Å². The average molecular weight is 113 g/mol. The largest absolute Gasteiger partial charge is 0.393 e. The van der Waals surface area contributed by atoms with Crippen molar-refractivity contribution in [2.75, 3.05) is 0 Å². The summed E-state index contributed by atoms with van der Waals surface area (Å²) < 4.78 is 0. The van der Waals surface area contributed by atoms with Crippen molar-refractivity contribution in [1.82, 2.24) is 0 Å². The quantitative estimate of drug-likeness (QED) is 0.503. The molecule has 1 aliphatic rings. The lowest BCUT2D eigenvalue weighted by atomic mass is 9.89. The Hall–Kier alpha value is -0.0400. The zero-order chi connectivity index (χ0) is 5.98. The van der Waals surface area contributed by atoms with Gasteiger partial charge in [-0.1, -0.05) is 6.92 Å². The molecule has 1 rings (SSSR count). The zero-order valence-electron chi connectivity index (χ0n) is 5.14. The van der Waals surface area contributed by atoms with Crippen LogP contribution >= 0.6 is 0 Å². The van der Waals surface area contributed by atoms with Crippen molar-refractivity contribution >= 4 is 0 Å². The Morgan fingerprint density at radius 2 is 1.62 bits per heavy atom. The number of aliphatic hydroxyl groups is 1. The highest BCUT2D eigenvalue weighted by Crippen LogP contribution is 2.22. The van der Waals surface area contributed by atoms with Crippen LogP contribution in [0.3, 0.4) is 0 Å². The predicted octanol–water partition coefficient (Wildman–Crippen LogP) is 1.37. The van der Waals surface area contributed by atoms with E-state index in [0.29, 0.717) is 5.92 Å². The van der Waals surface area contributed by atoms with Gasteiger partial charge in [-0.2, -0.15) is 0 Å². The molecule has 0 amide bonds. The Balaban J connectivity index is 2.19. The molecule has 0 saturated heterocycles. The maximum Gasteiger partial charge on any atom is 0.0540 e. The van der Waals surface area contributed by atoms with Crippen LogP contribution in [0.25, 0.3) is 0 Å². The van der Waals surface area contributed by atoms with Crippen LogP contribution in [-0.4, -0.2) is 11.2 Å². The molecule has 0 unspecified atom stereocenters. The van der Waals surface area contributed by atoms with Gasteiger partial charge in [0.15, 0.2) is 0 Å². The van der Waals surface area contributed by atoms with Crippen LogP contribution in [0.15, 0.2) is 0 Å². The summed E-state index contributed by atoms with van der Waals surface area (Å²) in [6, 6.07) is 0. The lowest BCUT2D eigenvalue weighted by molar-refractivity contribution is 0.117. The monoisotopic (exact) mass is 113 g/mol. The van der Waals surface area contributed by atoms with Crippen LogP contribution in [0.4, 0.5) is 0 Å². The fraction of sp³-hybridized carbons (Fsp3) is 0.857. The van der Waals surface area contributed by atoms with Crippen LogP contribution < -0.4 is 0 Å². The third-order valence-electron chi connectivity index (χ3n) is 1.82. The van der Waals surface area contributed by atoms with E-state index in [-0.39, 0.29) is 6.10 Å². The van der Waals surface area contributed by atoms with E-state index in [1.807, 2.05) is 0 Å². The molecule has 1 N–H and O–H groups in total. The second-order valence-corrected chi connectivity index (χ2v) is 2.67. The summed E-state index contributed by atoms with van der Waals surface area (Å²) in [6.07, 6.45) is 4.14. The summed E-state index contributed by atoms with van der Waals surface area (Å²) in [5.74, 6) is 0.610. The molecule has 0 bridgehead atoms. The SMILES string of the molecule is [CH2]C1CCC(O)CC1. The molecule has 1 saturated carbocycles.